The van der Waals surface area contributed by atoms with Crippen LogP contribution in [0.15, 0.2) is 46.8 Å². The average molecular weight is 341 g/mol. The fraction of sp³-hybridized carbons (Fsp3) is 0.235. The molecule has 0 radical (unpaired) electrons. The van der Waals surface area contributed by atoms with E-state index in [0.29, 0.717) is 22.4 Å². The van der Waals surface area contributed by atoms with E-state index >= 15 is 0 Å². The molecule has 0 aliphatic rings. The van der Waals surface area contributed by atoms with Gasteiger partial charge in [0, 0.05) is 0 Å². The van der Waals surface area contributed by atoms with Crippen molar-refractivity contribution in [1.82, 2.24) is 9.55 Å². The molecule has 122 valence electrons. The largest absolute Gasteiger partial charge is 0.491 e. The third-order valence-corrected chi connectivity index (χ3v) is 4.33. The molecule has 2 aromatic heterocycles. The topological polar surface area (TPSA) is 88.1 Å². The first-order chi connectivity index (χ1) is 11.7. The lowest BCUT2D eigenvalue weighted by Crippen LogP contribution is -2.30. The minimum Gasteiger partial charge on any atom is -0.491 e. The van der Waals surface area contributed by atoms with Crippen molar-refractivity contribution >= 4 is 21.6 Å². The van der Waals surface area contributed by atoms with Crippen LogP contribution in [0.5, 0.6) is 5.75 Å². The van der Waals surface area contributed by atoms with Crippen molar-refractivity contribution in [2.75, 3.05) is 6.61 Å². The maximum Gasteiger partial charge on any atom is 0.262 e. The van der Waals surface area contributed by atoms with E-state index in [-0.39, 0.29) is 18.7 Å². The lowest BCUT2D eigenvalue weighted by atomic mass is 10.2. The number of rotatable bonds is 6. The summed E-state index contributed by atoms with van der Waals surface area (Å²) in [6.07, 6.45) is 0.963. The van der Waals surface area contributed by atoms with Crippen molar-refractivity contribution in [1.29, 1.82) is 5.26 Å². The highest BCUT2D eigenvalue weighted by Crippen LogP contribution is 2.14. The number of nitriles is 1. The Balaban J connectivity index is 1.60. The number of fused-ring (bicyclic) bond motifs is 1. The van der Waals surface area contributed by atoms with Crippen molar-refractivity contribution in [3.63, 3.8) is 0 Å². The maximum atomic E-state index is 12.2. The first kappa shape index (κ1) is 16.2. The summed E-state index contributed by atoms with van der Waals surface area (Å²) in [5, 5.41) is 21.1. The molecule has 0 aliphatic heterocycles. The quantitative estimate of drug-likeness (QED) is 0.740. The van der Waals surface area contributed by atoms with Gasteiger partial charge in [-0.05, 0) is 29.1 Å². The molecule has 1 aromatic carbocycles. The summed E-state index contributed by atoms with van der Waals surface area (Å²) >= 11 is 1.41. The average Bonchev–Trinajstić information content (AvgIpc) is 3.07. The van der Waals surface area contributed by atoms with Crippen molar-refractivity contribution in [2.24, 2.45) is 0 Å². The number of aliphatic hydroxyl groups is 1. The molecule has 0 bridgehead atoms. The van der Waals surface area contributed by atoms with Gasteiger partial charge in [-0.2, -0.15) is 5.26 Å². The van der Waals surface area contributed by atoms with E-state index in [4.69, 9.17) is 10.00 Å². The van der Waals surface area contributed by atoms with Gasteiger partial charge < -0.3 is 9.84 Å². The van der Waals surface area contributed by atoms with Gasteiger partial charge in [-0.15, -0.1) is 11.3 Å². The molecule has 0 fully saturated rings. The van der Waals surface area contributed by atoms with Crippen molar-refractivity contribution < 1.29 is 9.84 Å². The molecule has 24 heavy (non-hydrogen) atoms. The van der Waals surface area contributed by atoms with E-state index in [0.717, 1.165) is 5.56 Å². The lowest BCUT2D eigenvalue weighted by Gasteiger charge is -2.14. The molecule has 1 N–H and O–H groups in total. The Bertz CT molecular complexity index is 925. The fourth-order valence-electron chi connectivity index (χ4n) is 2.29. The normalized spacial score (nSPS) is 12.0. The smallest absolute Gasteiger partial charge is 0.262 e. The molecule has 0 saturated carbocycles. The highest BCUT2D eigenvalue weighted by Gasteiger charge is 2.10. The summed E-state index contributed by atoms with van der Waals surface area (Å²) in [6, 6.07) is 10.9. The zero-order chi connectivity index (χ0) is 16.9. The molecule has 6 nitrogen and oxygen atoms in total. The second-order valence-corrected chi connectivity index (χ2v) is 6.18. The summed E-state index contributed by atoms with van der Waals surface area (Å²) in [4.78, 5) is 17.1. The lowest BCUT2D eigenvalue weighted by molar-refractivity contribution is 0.0915. The van der Waals surface area contributed by atoms with Crippen LogP contribution in [-0.2, 0) is 13.0 Å². The van der Waals surface area contributed by atoms with E-state index in [2.05, 4.69) is 11.1 Å². The number of aromatic nitrogens is 2. The first-order valence-electron chi connectivity index (χ1n) is 7.37. The number of aliphatic hydroxyl groups excluding tert-OH is 1. The van der Waals surface area contributed by atoms with Gasteiger partial charge in [0.25, 0.3) is 5.56 Å². The first-order valence-corrected chi connectivity index (χ1v) is 8.25. The summed E-state index contributed by atoms with van der Waals surface area (Å²) in [5.74, 6) is 0.606. The number of benzene rings is 1. The molecule has 7 heteroatoms. The Kier molecular flexibility index (Phi) is 4.89. The molecular formula is C17H15N3O3S. The Morgan fingerprint density at radius 1 is 1.33 bits per heavy atom. The second kappa shape index (κ2) is 7.25. The standard InChI is InChI=1S/C17H15N3O3S/c18-7-5-12-1-3-14(4-2-12)23-10-13(21)9-20-11-19-16-15(17(20)22)6-8-24-16/h1-4,6,8,11,13,21H,5,9-10H2. The zero-order valence-corrected chi connectivity index (χ0v) is 13.6. The van der Waals surface area contributed by atoms with Crippen LogP contribution >= 0.6 is 11.3 Å². The van der Waals surface area contributed by atoms with Crippen LogP contribution in [-0.4, -0.2) is 27.4 Å². The summed E-state index contributed by atoms with van der Waals surface area (Å²) in [7, 11) is 0. The van der Waals surface area contributed by atoms with Gasteiger partial charge >= 0.3 is 0 Å². The molecule has 2 heterocycles. The van der Waals surface area contributed by atoms with Crippen LogP contribution in [0.1, 0.15) is 5.56 Å². The summed E-state index contributed by atoms with van der Waals surface area (Å²) in [5.41, 5.74) is 0.744. The van der Waals surface area contributed by atoms with E-state index in [9.17, 15) is 9.90 Å². The molecule has 0 spiro atoms. The number of thiophene rings is 1. The highest BCUT2D eigenvalue weighted by molar-refractivity contribution is 7.16. The second-order valence-electron chi connectivity index (χ2n) is 5.29. The monoisotopic (exact) mass is 341 g/mol. The SMILES string of the molecule is N#CCc1ccc(OCC(O)Cn2cnc3sccc3c2=O)cc1. The molecule has 1 unspecified atom stereocenters. The van der Waals surface area contributed by atoms with E-state index in [1.54, 1.807) is 18.2 Å². The van der Waals surface area contributed by atoms with Crippen LogP contribution in [0.2, 0.25) is 0 Å². The van der Waals surface area contributed by atoms with Crippen molar-refractivity contribution in [3.8, 4) is 11.8 Å². The zero-order valence-electron chi connectivity index (χ0n) is 12.8. The molecule has 0 amide bonds. The molecule has 0 aliphatic carbocycles. The van der Waals surface area contributed by atoms with Crippen LogP contribution in [0, 0.1) is 11.3 Å². The third kappa shape index (κ3) is 3.62. The molecular weight excluding hydrogens is 326 g/mol. The predicted molar refractivity (Wildman–Crippen MR) is 91.1 cm³/mol. The van der Waals surface area contributed by atoms with Gasteiger partial charge in [0.1, 0.15) is 23.3 Å². The van der Waals surface area contributed by atoms with E-state index in [1.807, 2.05) is 17.5 Å². The Labute approximate surface area is 142 Å². The van der Waals surface area contributed by atoms with Gasteiger partial charge in [-0.25, -0.2) is 4.98 Å². The predicted octanol–water partition coefficient (Wildman–Crippen LogP) is 1.96. The van der Waals surface area contributed by atoms with Gasteiger partial charge in [-0.3, -0.25) is 9.36 Å². The van der Waals surface area contributed by atoms with Crippen LogP contribution in [0.4, 0.5) is 0 Å². The van der Waals surface area contributed by atoms with E-state index in [1.165, 1.54) is 22.2 Å². The summed E-state index contributed by atoms with van der Waals surface area (Å²) in [6.45, 7) is 0.176. The van der Waals surface area contributed by atoms with Crippen LogP contribution in [0.25, 0.3) is 10.2 Å². The maximum absolute atomic E-state index is 12.2. The number of nitrogens with zero attached hydrogens (tertiary/aromatic N) is 3. The Hall–Kier alpha value is -2.69. The van der Waals surface area contributed by atoms with Gasteiger partial charge in [0.15, 0.2) is 0 Å². The minimum atomic E-state index is -0.834. The van der Waals surface area contributed by atoms with Crippen molar-refractivity contribution in [3.05, 3.63) is 58.0 Å². The van der Waals surface area contributed by atoms with Gasteiger partial charge in [0.2, 0.25) is 0 Å². The Morgan fingerprint density at radius 2 is 2.12 bits per heavy atom. The minimum absolute atomic E-state index is 0.0612. The van der Waals surface area contributed by atoms with Gasteiger partial charge in [0.05, 0.1) is 30.7 Å². The Morgan fingerprint density at radius 3 is 2.88 bits per heavy atom. The van der Waals surface area contributed by atoms with Crippen LogP contribution < -0.4 is 10.3 Å². The summed E-state index contributed by atoms with van der Waals surface area (Å²) < 4.78 is 6.91. The fourth-order valence-corrected chi connectivity index (χ4v) is 3.01. The van der Waals surface area contributed by atoms with Crippen molar-refractivity contribution in [2.45, 2.75) is 19.1 Å². The van der Waals surface area contributed by atoms with E-state index < -0.39 is 6.10 Å². The number of ether oxygens (including phenoxy) is 1. The molecule has 0 saturated heterocycles. The van der Waals surface area contributed by atoms with Gasteiger partial charge in [-0.1, -0.05) is 12.1 Å². The molecule has 3 aromatic rings. The van der Waals surface area contributed by atoms with Crippen LogP contribution in [0.3, 0.4) is 0 Å². The number of hydrogen-bond donors (Lipinski definition) is 1. The third-order valence-electron chi connectivity index (χ3n) is 3.51. The number of hydrogen-bond acceptors (Lipinski definition) is 6. The molecule has 3 rings (SSSR count). The molecule has 1 atom stereocenters. The highest BCUT2D eigenvalue weighted by atomic mass is 32.1.